The van der Waals surface area contributed by atoms with Crippen LogP contribution in [0.5, 0.6) is 0 Å². The van der Waals surface area contributed by atoms with E-state index in [9.17, 15) is 4.79 Å². The van der Waals surface area contributed by atoms with Crippen LogP contribution in [0.1, 0.15) is 5.56 Å². The molecule has 0 spiro atoms. The second-order valence-corrected chi connectivity index (χ2v) is 6.49. The van der Waals surface area contributed by atoms with Crippen molar-refractivity contribution in [1.29, 1.82) is 0 Å². The minimum absolute atomic E-state index is 0.0234. The lowest BCUT2D eigenvalue weighted by molar-refractivity contribution is -0.118. The summed E-state index contributed by atoms with van der Waals surface area (Å²) in [7, 11) is 0. The van der Waals surface area contributed by atoms with E-state index in [1.165, 1.54) is 17.3 Å². The van der Waals surface area contributed by atoms with Gasteiger partial charge in [-0.25, -0.2) is 0 Å². The summed E-state index contributed by atoms with van der Waals surface area (Å²) in [4.78, 5) is 12.7. The molecule has 0 saturated carbocycles. The van der Waals surface area contributed by atoms with Gasteiger partial charge in [-0.3, -0.25) is 4.79 Å². The molecule has 0 heterocycles. The number of nitrogen functional groups attached to an aromatic ring is 1. The Bertz CT molecular complexity index is 604. The van der Waals surface area contributed by atoms with Gasteiger partial charge in [0, 0.05) is 21.6 Å². The normalized spacial score (nSPS) is 10.3. The first-order valence-corrected chi connectivity index (χ1v) is 8.41. The predicted molar refractivity (Wildman–Crippen MR) is 92.4 cm³/mol. The highest BCUT2D eigenvalue weighted by atomic mass is 79.9. The van der Waals surface area contributed by atoms with Crippen LogP contribution in [0.15, 0.2) is 57.9 Å². The van der Waals surface area contributed by atoms with Gasteiger partial charge in [-0.15, -0.1) is 11.8 Å². The van der Waals surface area contributed by atoms with E-state index in [2.05, 4.69) is 33.4 Å². The molecule has 0 saturated heterocycles. The molecule has 21 heavy (non-hydrogen) atoms. The first-order valence-electron chi connectivity index (χ1n) is 6.63. The number of benzene rings is 2. The molecule has 0 aliphatic heterocycles. The second-order valence-electron chi connectivity index (χ2n) is 4.56. The van der Waals surface area contributed by atoms with Crippen LogP contribution in [0.2, 0.25) is 0 Å². The molecule has 0 atom stereocenters. The van der Waals surface area contributed by atoms with Gasteiger partial charge in [-0.2, -0.15) is 0 Å². The van der Waals surface area contributed by atoms with Crippen molar-refractivity contribution in [2.24, 2.45) is 0 Å². The summed E-state index contributed by atoms with van der Waals surface area (Å²) < 4.78 is 0.962. The summed E-state index contributed by atoms with van der Waals surface area (Å²) in [6.07, 6.45) is 0.844. The molecule has 0 unspecified atom stereocenters. The number of carbonyl (C=O) groups is 1. The third kappa shape index (κ3) is 5.44. The van der Waals surface area contributed by atoms with E-state index >= 15 is 0 Å². The predicted octanol–water partition coefficient (Wildman–Crippen LogP) is 3.48. The van der Waals surface area contributed by atoms with Gasteiger partial charge in [0.25, 0.3) is 0 Å². The van der Waals surface area contributed by atoms with E-state index in [-0.39, 0.29) is 5.91 Å². The molecule has 2 aromatic carbocycles. The highest BCUT2D eigenvalue weighted by molar-refractivity contribution is 9.10. The van der Waals surface area contributed by atoms with Crippen molar-refractivity contribution < 1.29 is 4.79 Å². The maximum atomic E-state index is 11.8. The van der Waals surface area contributed by atoms with E-state index in [0.717, 1.165) is 15.8 Å². The monoisotopic (exact) mass is 364 g/mol. The van der Waals surface area contributed by atoms with E-state index in [4.69, 9.17) is 5.73 Å². The van der Waals surface area contributed by atoms with Crippen molar-refractivity contribution in [1.82, 2.24) is 5.32 Å². The van der Waals surface area contributed by atoms with E-state index in [1.807, 2.05) is 36.4 Å². The number of nitrogens with one attached hydrogen (secondary N) is 1. The van der Waals surface area contributed by atoms with Crippen molar-refractivity contribution in [3.63, 3.8) is 0 Å². The maximum absolute atomic E-state index is 11.8. The van der Waals surface area contributed by atoms with Gasteiger partial charge in [-0.1, -0.05) is 46.3 Å². The molecule has 0 aromatic heterocycles. The van der Waals surface area contributed by atoms with Crippen LogP contribution in [-0.2, 0) is 11.2 Å². The lowest BCUT2D eigenvalue weighted by Crippen LogP contribution is -2.27. The molecule has 0 aliphatic rings. The van der Waals surface area contributed by atoms with Gasteiger partial charge in [0.2, 0.25) is 5.91 Å². The third-order valence-corrected chi connectivity index (χ3v) is 4.48. The Balaban J connectivity index is 1.74. The average molecular weight is 365 g/mol. The van der Waals surface area contributed by atoms with Crippen LogP contribution in [0, 0.1) is 0 Å². The molecule has 0 aliphatic carbocycles. The van der Waals surface area contributed by atoms with Gasteiger partial charge in [0.05, 0.1) is 5.75 Å². The van der Waals surface area contributed by atoms with E-state index < -0.39 is 0 Å². The molecule has 0 radical (unpaired) electrons. The van der Waals surface area contributed by atoms with Crippen LogP contribution in [0.4, 0.5) is 5.69 Å². The second kappa shape index (κ2) is 8.10. The Morgan fingerprint density at radius 2 is 1.95 bits per heavy atom. The topological polar surface area (TPSA) is 55.1 Å². The molecule has 1 amide bonds. The number of anilines is 1. The Morgan fingerprint density at radius 1 is 1.19 bits per heavy atom. The standard InChI is InChI=1S/C16H17BrN2OS/c17-13-6-7-14(18)15(10-13)21-11-16(20)19-9-8-12-4-2-1-3-5-12/h1-7,10H,8-9,11,18H2,(H,19,20). The van der Waals surface area contributed by atoms with Gasteiger partial charge in [0.15, 0.2) is 0 Å². The van der Waals surface area contributed by atoms with Crippen LogP contribution in [0.3, 0.4) is 0 Å². The lowest BCUT2D eigenvalue weighted by Gasteiger charge is -2.07. The minimum Gasteiger partial charge on any atom is -0.398 e. The number of nitrogens with two attached hydrogens (primary N) is 1. The molecule has 3 nitrogen and oxygen atoms in total. The highest BCUT2D eigenvalue weighted by Gasteiger charge is 2.05. The number of amides is 1. The molecular formula is C16H17BrN2OS. The number of carbonyl (C=O) groups excluding carboxylic acids is 1. The first kappa shape index (κ1) is 15.9. The summed E-state index contributed by atoms with van der Waals surface area (Å²) in [5, 5.41) is 2.92. The fourth-order valence-corrected chi connectivity index (χ4v) is 3.16. The number of thioether (sulfide) groups is 1. The smallest absolute Gasteiger partial charge is 0.230 e. The Morgan fingerprint density at radius 3 is 2.71 bits per heavy atom. The van der Waals surface area contributed by atoms with Crippen molar-refractivity contribution in [3.8, 4) is 0 Å². The summed E-state index contributed by atoms with van der Waals surface area (Å²) in [5.41, 5.74) is 7.80. The van der Waals surface area contributed by atoms with Crippen LogP contribution >= 0.6 is 27.7 Å². The summed E-state index contributed by atoms with van der Waals surface area (Å²) >= 11 is 4.85. The lowest BCUT2D eigenvalue weighted by atomic mass is 10.1. The van der Waals surface area contributed by atoms with Crippen molar-refractivity contribution in [2.75, 3.05) is 18.0 Å². The first-order chi connectivity index (χ1) is 10.1. The zero-order valence-corrected chi connectivity index (χ0v) is 13.9. The van der Waals surface area contributed by atoms with Gasteiger partial charge in [0.1, 0.15) is 0 Å². The molecule has 2 rings (SSSR count). The molecule has 0 fully saturated rings. The Kier molecular flexibility index (Phi) is 6.14. The highest BCUT2D eigenvalue weighted by Crippen LogP contribution is 2.27. The largest absolute Gasteiger partial charge is 0.398 e. The van der Waals surface area contributed by atoms with Gasteiger partial charge >= 0.3 is 0 Å². The summed E-state index contributed by atoms with van der Waals surface area (Å²) in [6.45, 7) is 0.650. The van der Waals surface area contributed by atoms with Crippen LogP contribution in [-0.4, -0.2) is 18.2 Å². The molecule has 110 valence electrons. The third-order valence-electron chi connectivity index (χ3n) is 2.91. The average Bonchev–Trinajstić information content (AvgIpc) is 2.49. The number of rotatable bonds is 6. The summed E-state index contributed by atoms with van der Waals surface area (Å²) in [6, 6.07) is 15.8. The number of hydrogen-bond donors (Lipinski definition) is 2. The maximum Gasteiger partial charge on any atom is 0.230 e. The Hall–Kier alpha value is -1.46. The fraction of sp³-hybridized carbons (Fsp3) is 0.188. The van der Waals surface area contributed by atoms with Gasteiger partial charge in [-0.05, 0) is 30.2 Å². The number of halogens is 1. The zero-order valence-electron chi connectivity index (χ0n) is 11.5. The quantitative estimate of drug-likeness (QED) is 0.609. The molecule has 0 bridgehead atoms. The fourth-order valence-electron chi connectivity index (χ4n) is 1.82. The SMILES string of the molecule is Nc1ccc(Br)cc1SCC(=O)NCCc1ccccc1. The van der Waals surface area contributed by atoms with Crippen LogP contribution < -0.4 is 11.1 Å². The molecule has 3 N–H and O–H groups in total. The molecule has 2 aromatic rings. The Labute approximate surface area is 137 Å². The zero-order chi connectivity index (χ0) is 15.1. The molecule has 5 heteroatoms. The summed E-state index contributed by atoms with van der Waals surface area (Å²) in [5.74, 6) is 0.394. The minimum atomic E-state index is 0.0234. The van der Waals surface area contributed by atoms with E-state index in [1.54, 1.807) is 0 Å². The molecular weight excluding hydrogens is 348 g/mol. The van der Waals surface area contributed by atoms with Crippen molar-refractivity contribution >= 4 is 39.3 Å². The van der Waals surface area contributed by atoms with E-state index in [0.29, 0.717) is 18.0 Å². The van der Waals surface area contributed by atoms with Gasteiger partial charge < -0.3 is 11.1 Å². The number of hydrogen-bond acceptors (Lipinski definition) is 3. The van der Waals surface area contributed by atoms with Crippen molar-refractivity contribution in [2.45, 2.75) is 11.3 Å². The van der Waals surface area contributed by atoms with Crippen LogP contribution in [0.25, 0.3) is 0 Å². The van der Waals surface area contributed by atoms with Crippen molar-refractivity contribution in [3.05, 3.63) is 58.6 Å².